The van der Waals surface area contributed by atoms with Gasteiger partial charge in [0.05, 0.1) is 5.71 Å². The van der Waals surface area contributed by atoms with Crippen LogP contribution in [0.3, 0.4) is 0 Å². The molecule has 0 heterocycles. The zero-order valence-electron chi connectivity index (χ0n) is 8.46. The van der Waals surface area contributed by atoms with Crippen LogP contribution in [0, 0.1) is 0 Å². The summed E-state index contributed by atoms with van der Waals surface area (Å²) in [5, 5.41) is 0. The Labute approximate surface area is 79.9 Å². The van der Waals surface area contributed by atoms with Crippen molar-refractivity contribution in [3.8, 4) is 0 Å². The van der Waals surface area contributed by atoms with Gasteiger partial charge in [-0.15, -0.1) is 0 Å². The average Bonchev–Trinajstić information content (AvgIpc) is 2.08. The molecule has 0 N–H and O–H groups in total. The van der Waals surface area contributed by atoms with E-state index >= 15 is 0 Å². The minimum Gasteiger partial charge on any atom is -0.253 e. The average molecular weight is 173 g/mol. The minimum absolute atomic E-state index is 0.959. The van der Waals surface area contributed by atoms with Crippen LogP contribution in [0.25, 0.3) is 0 Å². The van der Waals surface area contributed by atoms with Crippen molar-refractivity contribution in [1.82, 2.24) is 0 Å². The van der Waals surface area contributed by atoms with E-state index in [9.17, 15) is 0 Å². The van der Waals surface area contributed by atoms with Gasteiger partial charge in [-0.25, -0.2) is 0 Å². The first-order chi connectivity index (χ1) is 6.11. The minimum atomic E-state index is 0.959. The summed E-state index contributed by atoms with van der Waals surface area (Å²) in [4.78, 5) is 4.48. The fraction of sp³-hybridized carbons (Fsp3) is 0.250. The third kappa shape index (κ3) is 2.55. The summed E-state index contributed by atoms with van der Waals surface area (Å²) in [7, 11) is 0. The number of rotatable bonds is 1. The maximum Gasteiger partial charge on any atom is 0.0699 e. The van der Waals surface area contributed by atoms with Crippen molar-refractivity contribution in [3.63, 3.8) is 0 Å². The maximum atomic E-state index is 4.48. The van der Waals surface area contributed by atoms with Gasteiger partial charge in [0.15, 0.2) is 0 Å². The molecule has 0 fully saturated rings. The van der Waals surface area contributed by atoms with Gasteiger partial charge in [0.25, 0.3) is 0 Å². The van der Waals surface area contributed by atoms with E-state index in [0.717, 1.165) is 17.0 Å². The Kier molecular flexibility index (Phi) is 3.02. The largest absolute Gasteiger partial charge is 0.253 e. The highest BCUT2D eigenvalue weighted by Crippen LogP contribution is 2.10. The molecule has 0 radical (unpaired) electrons. The first-order valence-electron chi connectivity index (χ1n) is 4.38. The van der Waals surface area contributed by atoms with Gasteiger partial charge in [0.2, 0.25) is 0 Å². The Balaban J connectivity index is 2.96. The van der Waals surface area contributed by atoms with Gasteiger partial charge in [-0.05, 0) is 32.4 Å². The Bertz CT molecular complexity index is 334. The molecule has 1 heteroatoms. The zero-order chi connectivity index (χ0) is 9.84. The Morgan fingerprint density at radius 2 is 1.77 bits per heavy atom. The van der Waals surface area contributed by atoms with Crippen molar-refractivity contribution >= 4 is 5.71 Å². The molecule has 13 heavy (non-hydrogen) atoms. The second-order valence-electron chi connectivity index (χ2n) is 3.33. The predicted molar refractivity (Wildman–Crippen MR) is 58.9 cm³/mol. The molecule has 0 aliphatic heterocycles. The van der Waals surface area contributed by atoms with E-state index in [1.165, 1.54) is 5.57 Å². The summed E-state index contributed by atoms with van der Waals surface area (Å²) in [5.74, 6) is 0. The van der Waals surface area contributed by atoms with Gasteiger partial charge in [-0.3, -0.25) is 4.99 Å². The quantitative estimate of drug-likeness (QED) is 0.576. The summed E-state index contributed by atoms with van der Waals surface area (Å²) >= 11 is 0. The molecule has 0 amide bonds. The van der Waals surface area contributed by atoms with E-state index in [4.69, 9.17) is 0 Å². The molecule has 0 spiro atoms. The molecule has 0 aromatic carbocycles. The van der Waals surface area contributed by atoms with Crippen molar-refractivity contribution in [2.45, 2.75) is 20.8 Å². The lowest BCUT2D eigenvalue weighted by Gasteiger charge is -2.05. The highest BCUT2D eigenvalue weighted by molar-refractivity contribution is 6.11. The van der Waals surface area contributed by atoms with Crippen molar-refractivity contribution in [3.05, 3.63) is 47.7 Å². The van der Waals surface area contributed by atoms with Crippen LogP contribution in [-0.4, -0.2) is 5.71 Å². The highest BCUT2D eigenvalue weighted by atomic mass is 14.7. The summed E-state index contributed by atoms with van der Waals surface area (Å²) in [6.07, 6.45) is 7.90. The smallest absolute Gasteiger partial charge is 0.0699 e. The molecule has 1 rings (SSSR count). The van der Waals surface area contributed by atoms with Crippen LogP contribution >= 0.6 is 0 Å². The van der Waals surface area contributed by atoms with Gasteiger partial charge < -0.3 is 0 Å². The van der Waals surface area contributed by atoms with Crippen molar-refractivity contribution in [1.29, 1.82) is 0 Å². The maximum absolute atomic E-state index is 4.48. The van der Waals surface area contributed by atoms with E-state index < -0.39 is 0 Å². The molecule has 68 valence electrons. The van der Waals surface area contributed by atoms with Crippen molar-refractivity contribution in [2.75, 3.05) is 0 Å². The number of nitrogens with zero attached hydrogens (tertiary/aromatic N) is 1. The van der Waals surface area contributed by atoms with Gasteiger partial charge in [0.1, 0.15) is 0 Å². The van der Waals surface area contributed by atoms with Gasteiger partial charge >= 0.3 is 0 Å². The molecule has 1 aliphatic carbocycles. The fourth-order valence-electron chi connectivity index (χ4n) is 0.912. The predicted octanol–water partition coefficient (Wildman–Crippen LogP) is 3.42. The summed E-state index contributed by atoms with van der Waals surface area (Å²) in [6.45, 7) is 10.1. The lowest BCUT2D eigenvalue weighted by atomic mass is 10.1. The van der Waals surface area contributed by atoms with Crippen LogP contribution < -0.4 is 0 Å². The van der Waals surface area contributed by atoms with Crippen LogP contribution in [0.15, 0.2) is 52.7 Å². The van der Waals surface area contributed by atoms with E-state index in [1.807, 2.05) is 31.2 Å². The van der Waals surface area contributed by atoms with E-state index in [1.54, 1.807) is 0 Å². The highest BCUT2D eigenvalue weighted by Gasteiger charge is 2.00. The molecule has 1 aliphatic rings. The lowest BCUT2D eigenvalue weighted by Crippen LogP contribution is -1.98. The van der Waals surface area contributed by atoms with Crippen LogP contribution in [0.2, 0.25) is 0 Å². The molecule has 0 aromatic heterocycles. The van der Waals surface area contributed by atoms with Crippen LogP contribution in [0.4, 0.5) is 0 Å². The van der Waals surface area contributed by atoms with Crippen LogP contribution in [-0.2, 0) is 0 Å². The molecule has 0 aromatic rings. The Morgan fingerprint density at radius 1 is 1.15 bits per heavy atom. The molecule has 0 unspecified atom stereocenters. The summed E-state index contributed by atoms with van der Waals surface area (Å²) in [5.41, 5.74) is 4.24. The van der Waals surface area contributed by atoms with E-state index in [-0.39, 0.29) is 0 Å². The summed E-state index contributed by atoms with van der Waals surface area (Å²) in [6, 6.07) is 0. The van der Waals surface area contributed by atoms with Crippen LogP contribution in [0.5, 0.6) is 0 Å². The number of aliphatic imine (C=N–C) groups is 1. The molecule has 0 saturated heterocycles. The standard InChI is InChI=1S/C12H15N/c1-9(2)11(4)13-12-8-6-5-7-10(12)3/h5-8H,3H2,1-2,4H3/b13-12-. The van der Waals surface area contributed by atoms with Gasteiger partial charge in [0, 0.05) is 5.70 Å². The second-order valence-corrected chi connectivity index (χ2v) is 3.33. The molecular weight excluding hydrogens is 158 g/mol. The molecule has 1 nitrogen and oxygen atoms in total. The van der Waals surface area contributed by atoms with Gasteiger partial charge in [-0.1, -0.05) is 30.4 Å². The van der Waals surface area contributed by atoms with Crippen molar-refractivity contribution in [2.24, 2.45) is 4.99 Å². The van der Waals surface area contributed by atoms with Crippen molar-refractivity contribution < 1.29 is 0 Å². The Hall–Kier alpha value is -1.37. The monoisotopic (exact) mass is 173 g/mol. The molecular formula is C12H15N. The van der Waals surface area contributed by atoms with Crippen LogP contribution in [0.1, 0.15) is 20.8 Å². The Morgan fingerprint density at radius 3 is 2.31 bits per heavy atom. The summed E-state index contributed by atoms with van der Waals surface area (Å²) < 4.78 is 0. The fourth-order valence-corrected chi connectivity index (χ4v) is 0.912. The SMILES string of the molecule is C=C1C=CC=C/C1=N/C(C)=C(C)C. The molecule has 0 atom stereocenters. The number of allylic oxidation sites excluding steroid dienone is 7. The van der Waals surface area contributed by atoms with E-state index in [0.29, 0.717) is 0 Å². The van der Waals surface area contributed by atoms with Gasteiger partial charge in [-0.2, -0.15) is 0 Å². The first-order valence-corrected chi connectivity index (χ1v) is 4.38. The topological polar surface area (TPSA) is 12.4 Å². The van der Waals surface area contributed by atoms with E-state index in [2.05, 4.69) is 25.4 Å². The first kappa shape index (κ1) is 9.72. The second kappa shape index (κ2) is 4.04. The normalized spacial score (nSPS) is 18.1. The third-order valence-corrected chi connectivity index (χ3v) is 2.00. The number of hydrogen-bond donors (Lipinski definition) is 0. The lowest BCUT2D eigenvalue weighted by molar-refractivity contribution is 1.19. The number of hydrogen-bond acceptors (Lipinski definition) is 1. The zero-order valence-corrected chi connectivity index (χ0v) is 8.46. The molecule has 0 saturated carbocycles. The third-order valence-electron chi connectivity index (χ3n) is 2.00. The molecule has 0 bridgehead atoms.